The predicted octanol–water partition coefficient (Wildman–Crippen LogP) is -0.216. The number of carbonyl (C=O) groups excluding carboxylic acids is 1. The normalized spacial score (nSPS) is 21.4. The van der Waals surface area contributed by atoms with Crippen LogP contribution in [-0.4, -0.2) is 45.6 Å². The predicted molar refractivity (Wildman–Crippen MR) is 57.3 cm³/mol. The molecular weight excluding hydrogens is 234 g/mol. The molecule has 0 aromatic heterocycles. The molecule has 0 spiro atoms. The van der Waals surface area contributed by atoms with Crippen molar-refractivity contribution >= 4 is 29.6 Å². The summed E-state index contributed by atoms with van der Waals surface area (Å²) in [5.74, 6) is -1.56. The van der Waals surface area contributed by atoms with Crippen molar-refractivity contribution in [2.45, 2.75) is 18.9 Å². The van der Waals surface area contributed by atoms with Crippen LogP contribution in [0.5, 0.6) is 0 Å². The first-order valence-electron chi connectivity index (χ1n) is 4.83. The Balaban J connectivity index is 2.50. The van der Waals surface area contributed by atoms with Gasteiger partial charge in [-0.1, -0.05) is 0 Å². The molecule has 1 aliphatic rings. The van der Waals surface area contributed by atoms with E-state index >= 15 is 0 Å². The molecule has 0 aliphatic carbocycles. The van der Waals surface area contributed by atoms with Gasteiger partial charge in [0, 0.05) is 11.7 Å². The van der Waals surface area contributed by atoms with Crippen molar-refractivity contribution in [2.75, 3.05) is 11.5 Å². The van der Waals surface area contributed by atoms with Gasteiger partial charge in [0.1, 0.15) is 6.04 Å². The van der Waals surface area contributed by atoms with Crippen LogP contribution in [0.3, 0.4) is 0 Å². The van der Waals surface area contributed by atoms with Crippen molar-refractivity contribution in [3.05, 3.63) is 0 Å². The first-order chi connectivity index (χ1) is 7.50. The van der Waals surface area contributed by atoms with Crippen LogP contribution >= 0.6 is 11.8 Å². The van der Waals surface area contributed by atoms with Crippen molar-refractivity contribution in [1.29, 1.82) is 0 Å². The first-order valence-corrected chi connectivity index (χ1v) is 5.99. The Bertz CT molecular complexity index is 300. The summed E-state index contributed by atoms with van der Waals surface area (Å²) in [6, 6.07) is -1.34. The van der Waals surface area contributed by atoms with Crippen LogP contribution in [0.2, 0.25) is 0 Å². The third kappa shape index (κ3) is 3.73. The third-order valence-electron chi connectivity index (χ3n) is 2.29. The number of thioether (sulfide) groups is 1. The molecule has 0 aromatic carbocycles. The van der Waals surface area contributed by atoms with Crippen molar-refractivity contribution in [3.8, 4) is 0 Å². The maximum absolute atomic E-state index is 11.6. The Kier molecular flexibility index (Phi) is 4.60. The van der Waals surface area contributed by atoms with Gasteiger partial charge < -0.3 is 15.5 Å². The smallest absolute Gasteiger partial charge is 0.326 e. The highest BCUT2D eigenvalue weighted by Crippen LogP contribution is 2.23. The van der Waals surface area contributed by atoms with Crippen molar-refractivity contribution in [1.82, 2.24) is 5.32 Å². The lowest BCUT2D eigenvalue weighted by Gasteiger charge is -2.15. The fraction of sp³-hybridized carbons (Fsp3) is 0.667. The number of hydrogen-bond donors (Lipinski definition) is 3. The molecule has 1 fully saturated rings. The van der Waals surface area contributed by atoms with Crippen LogP contribution in [0.1, 0.15) is 12.8 Å². The van der Waals surface area contributed by atoms with E-state index in [-0.39, 0.29) is 11.8 Å². The van der Waals surface area contributed by atoms with Crippen molar-refractivity contribution in [2.24, 2.45) is 5.92 Å². The number of carboxylic acid groups (broad SMARTS) is 2. The second-order valence-electron chi connectivity index (χ2n) is 3.56. The molecule has 1 aliphatic heterocycles. The van der Waals surface area contributed by atoms with E-state index in [9.17, 15) is 14.4 Å². The fourth-order valence-corrected chi connectivity index (χ4v) is 2.63. The van der Waals surface area contributed by atoms with E-state index in [1.165, 1.54) is 0 Å². The monoisotopic (exact) mass is 247 g/mol. The molecule has 1 rings (SSSR count). The molecule has 1 amide bonds. The molecule has 1 saturated heterocycles. The van der Waals surface area contributed by atoms with Gasteiger partial charge in [-0.3, -0.25) is 9.59 Å². The minimum Gasteiger partial charge on any atom is -0.481 e. The summed E-state index contributed by atoms with van der Waals surface area (Å²) in [5, 5.41) is 19.5. The topological polar surface area (TPSA) is 104 Å². The molecule has 90 valence electrons. The van der Waals surface area contributed by atoms with Gasteiger partial charge in [-0.15, -0.1) is 0 Å². The zero-order chi connectivity index (χ0) is 12.1. The van der Waals surface area contributed by atoms with Crippen molar-refractivity contribution in [3.63, 3.8) is 0 Å². The summed E-state index contributed by atoms with van der Waals surface area (Å²) in [6.07, 6.45) is 0.122. The van der Waals surface area contributed by atoms with E-state index in [4.69, 9.17) is 10.2 Å². The highest BCUT2D eigenvalue weighted by atomic mass is 32.2. The number of hydrogen-bond acceptors (Lipinski definition) is 4. The van der Waals surface area contributed by atoms with Crippen molar-refractivity contribution < 1.29 is 24.6 Å². The minimum atomic E-state index is -1.34. The Labute approximate surface area is 96.4 Å². The van der Waals surface area contributed by atoms with Gasteiger partial charge in [0.15, 0.2) is 0 Å². The molecule has 1 unspecified atom stereocenters. The summed E-state index contributed by atoms with van der Waals surface area (Å²) >= 11 is 1.64. The van der Waals surface area contributed by atoms with E-state index in [1.807, 2.05) is 0 Å². The summed E-state index contributed by atoms with van der Waals surface area (Å²) in [7, 11) is 0. The van der Waals surface area contributed by atoms with Crippen LogP contribution in [-0.2, 0) is 14.4 Å². The van der Waals surface area contributed by atoms with Crippen LogP contribution < -0.4 is 5.32 Å². The van der Waals surface area contributed by atoms with Gasteiger partial charge in [0.25, 0.3) is 0 Å². The van der Waals surface area contributed by atoms with E-state index in [0.717, 1.165) is 12.2 Å². The van der Waals surface area contributed by atoms with Gasteiger partial charge >= 0.3 is 11.9 Å². The van der Waals surface area contributed by atoms with Crippen LogP contribution in [0.4, 0.5) is 0 Å². The Morgan fingerprint density at radius 3 is 2.50 bits per heavy atom. The van der Waals surface area contributed by atoms with E-state index in [0.29, 0.717) is 5.75 Å². The van der Waals surface area contributed by atoms with Crippen LogP contribution in [0, 0.1) is 5.92 Å². The molecule has 0 aromatic rings. The fourth-order valence-electron chi connectivity index (χ4n) is 1.41. The number of amides is 1. The number of carbonyl (C=O) groups is 3. The molecule has 0 saturated carbocycles. The van der Waals surface area contributed by atoms with Gasteiger partial charge in [0.05, 0.1) is 6.42 Å². The van der Waals surface area contributed by atoms with Gasteiger partial charge in [0.2, 0.25) is 5.91 Å². The van der Waals surface area contributed by atoms with Gasteiger partial charge in [-0.05, 0) is 12.2 Å². The second-order valence-corrected chi connectivity index (χ2v) is 4.71. The molecule has 0 radical (unpaired) electrons. The zero-order valence-electron chi connectivity index (χ0n) is 8.51. The minimum absolute atomic E-state index is 0.194. The largest absolute Gasteiger partial charge is 0.481 e. The van der Waals surface area contributed by atoms with E-state index in [1.54, 1.807) is 11.8 Å². The van der Waals surface area contributed by atoms with Crippen LogP contribution in [0.15, 0.2) is 0 Å². The molecular formula is C9H13NO5S. The van der Waals surface area contributed by atoms with E-state index < -0.39 is 24.4 Å². The highest BCUT2D eigenvalue weighted by Gasteiger charge is 2.28. The molecule has 2 atom stereocenters. The lowest BCUT2D eigenvalue weighted by Crippen LogP contribution is -2.44. The number of aliphatic carboxylic acids is 2. The maximum Gasteiger partial charge on any atom is 0.326 e. The number of carboxylic acids is 2. The van der Waals surface area contributed by atoms with Crippen LogP contribution in [0.25, 0.3) is 0 Å². The lowest BCUT2D eigenvalue weighted by atomic mass is 10.1. The standard InChI is InChI=1S/C9H13NO5S/c11-7(12)3-6(9(14)15)10-8(13)5-1-2-16-4-5/h5-6H,1-4H2,(H,10,13)(H,11,12)(H,14,15)/t5?,6-/m0/s1. The Morgan fingerprint density at radius 1 is 1.38 bits per heavy atom. The quantitative estimate of drug-likeness (QED) is 0.620. The molecule has 7 heteroatoms. The number of rotatable bonds is 5. The molecule has 0 bridgehead atoms. The average Bonchev–Trinajstić information content (AvgIpc) is 2.68. The number of nitrogens with one attached hydrogen (secondary N) is 1. The second kappa shape index (κ2) is 5.74. The average molecular weight is 247 g/mol. The van der Waals surface area contributed by atoms with Gasteiger partial charge in [-0.25, -0.2) is 4.79 Å². The Hall–Kier alpha value is -1.24. The first kappa shape index (κ1) is 12.8. The lowest BCUT2D eigenvalue weighted by molar-refractivity contribution is -0.147. The summed E-state index contributed by atoms with van der Waals surface area (Å²) in [5.41, 5.74) is 0. The molecule has 6 nitrogen and oxygen atoms in total. The summed E-state index contributed by atoms with van der Waals surface area (Å²) in [6.45, 7) is 0. The van der Waals surface area contributed by atoms with Gasteiger partial charge in [-0.2, -0.15) is 11.8 Å². The van der Waals surface area contributed by atoms with E-state index in [2.05, 4.69) is 5.32 Å². The maximum atomic E-state index is 11.6. The zero-order valence-corrected chi connectivity index (χ0v) is 9.33. The third-order valence-corrected chi connectivity index (χ3v) is 3.46. The highest BCUT2D eigenvalue weighted by molar-refractivity contribution is 7.99. The Morgan fingerprint density at radius 2 is 2.06 bits per heavy atom. The SMILES string of the molecule is O=C(O)C[C@H](NC(=O)C1CCSC1)C(=O)O. The molecule has 1 heterocycles. The summed E-state index contributed by atoms with van der Waals surface area (Å²) < 4.78 is 0. The molecule has 3 N–H and O–H groups in total. The summed E-state index contributed by atoms with van der Waals surface area (Å²) in [4.78, 5) is 32.7. The molecule has 16 heavy (non-hydrogen) atoms.